The minimum Gasteiger partial charge on any atom is -0.484 e. The lowest BCUT2D eigenvalue weighted by atomic mass is 10.1. The summed E-state index contributed by atoms with van der Waals surface area (Å²) in [6, 6.07) is 7.15. The summed E-state index contributed by atoms with van der Waals surface area (Å²) in [5.41, 5.74) is 0.601. The molecule has 0 fully saturated rings. The number of carbonyl (C=O) groups is 1. The number of hydrogen-bond donors (Lipinski definition) is 2. The van der Waals surface area contributed by atoms with Gasteiger partial charge in [0.05, 0.1) is 6.10 Å². The maximum absolute atomic E-state index is 11.6. The fourth-order valence-electron chi connectivity index (χ4n) is 1.63. The van der Waals surface area contributed by atoms with Crippen molar-refractivity contribution in [2.45, 2.75) is 45.8 Å². The molecule has 106 valence electrons. The van der Waals surface area contributed by atoms with Crippen molar-refractivity contribution in [3.05, 3.63) is 29.8 Å². The van der Waals surface area contributed by atoms with Crippen molar-refractivity contribution in [1.29, 1.82) is 0 Å². The van der Waals surface area contributed by atoms with Crippen LogP contribution in [-0.2, 0) is 4.79 Å². The first kappa shape index (κ1) is 15.5. The summed E-state index contributed by atoms with van der Waals surface area (Å²) in [4.78, 5) is 11.6. The van der Waals surface area contributed by atoms with Crippen LogP contribution in [0.4, 0.5) is 0 Å². The monoisotopic (exact) mass is 265 g/mol. The number of aliphatic hydroxyl groups is 1. The molecule has 0 saturated heterocycles. The Hall–Kier alpha value is -1.55. The summed E-state index contributed by atoms with van der Waals surface area (Å²) >= 11 is 0. The Balaban J connectivity index is 2.48. The molecule has 19 heavy (non-hydrogen) atoms. The molecule has 1 aromatic rings. The van der Waals surface area contributed by atoms with Crippen LogP contribution in [0.2, 0.25) is 0 Å². The van der Waals surface area contributed by atoms with Crippen LogP contribution < -0.4 is 10.1 Å². The lowest BCUT2D eigenvalue weighted by molar-refractivity contribution is -0.124. The van der Waals surface area contributed by atoms with E-state index < -0.39 is 6.10 Å². The van der Waals surface area contributed by atoms with Crippen molar-refractivity contribution in [2.24, 2.45) is 0 Å². The molecular formula is C15H23NO3. The molecule has 0 aromatic heterocycles. The number of carbonyl (C=O) groups excluding carboxylic acids is 1. The van der Waals surface area contributed by atoms with Crippen LogP contribution in [0.3, 0.4) is 0 Å². The highest BCUT2D eigenvalue weighted by Crippen LogP contribution is 2.19. The third kappa shape index (κ3) is 5.75. The number of hydrogen-bond acceptors (Lipinski definition) is 3. The van der Waals surface area contributed by atoms with Crippen molar-refractivity contribution < 1.29 is 14.6 Å². The van der Waals surface area contributed by atoms with Crippen molar-refractivity contribution in [3.8, 4) is 5.75 Å². The average molecular weight is 265 g/mol. The first-order chi connectivity index (χ1) is 8.81. The number of ether oxygens (including phenoxy) is 1. The summed E-state index contributed by atoms with van der Waals surface area (Å²) in [6.45, 7) is 7.68. The molecule has 0 saturated carbocycles. The standard InChI is InChI=1S/C15H23NO3/c1-5-13(17)11-6-8-12(9-7-11)19-10-14(18)16-15(2,3)4/h6-9,13,17H,5,10H2,1-4H3,(H,16,18)/t13-/m0/s1. The molecule has 1 rings (SSSR count). The Morgan fingerprint density at radius 3 is 2.37 bits per heavy atom. The SMILES string of the molecule is CC[C@H](O)c1ccc(OCC(=O)NC(C)(C)C)cc1. The van der Waals surface area contributed by atoms with Gasteiger partial charge in [0.2, 0.25) is 0 Å². The number of aliphatic hydroxyl groups excluding tert-OH is 1. The Morgan fingerprint density at radius 1 is 1.32 bits per heavy atom. The summed E-state index contributed by atoms with van der Waals surface area (Å²) < 4.78 is 5.39. The number of benzene rings is 1. The van der Waals surface area contributed by atoms with Crippen LogP contribution in [-0.4, -0.2) is 23.2 Å². The van der Waals surface area contributed by atoms with E-state index in [2.05, 4.69) is 5.32 Å². The Bertz CT molecular complexity index is 406. The third-order valence-corrected chi connectivity index (χ3v) is 2.54. The molecule has 0 spiro atoms. The van der Waals surface area contributed by atoms with Crippen molar-refractivity contribution >= 4 is 5.91 Å². The fraction of sp³-hybridized carbons (Fsp3) is 0.533. The minimum atomic E-state index is -0.446. The van der Waals surface area contributed by atoms with Gasteiger partial charge in [-0.05, 0) is 44.9 Å². The Morgan fingerprint density at radius 2 is 1.89 bits per heavy atom. The summed E-state index contributed by atoms with van der Waals surface area (Å²) in [5.74, 6) is 0.473. The summed E-state index contributed by atoms with van der Waals surface area (Å²) in [5, 5.41) is 12.5. The second-order valence-corrected chi connectivity index (χ2v) is 5.58. The molecular weight excluding hydrogens is 242 g/mol. The number of rotatable bonds is 5. The van der Waals surface area contributed by atoms with E-state index in [0.717, 1.165) is 5.56 Å². The van der Waals surface area contributed by atoms with E-state index >= 15 is 0 Å². The fourth-order valence-corrected chi connectivity index (χ4v) is 1.63. The van der Waals surface area contributed by atoms with Gasteiger partial charge in [-0.25, -0.2) is 0 Å². The first-order valence-electron chi connectivity index (χ1n) is 6.53. The van der Waals surface area contributed by atoms with E-state index in [0.29, 0.717) is 12.2 Å². The molecule has 4 nitrogen and oxygen atoms in total. The van der Waals surface area contributed by atoms with Crippen LogP contribution in [0.5, 0.6) is 5.75 Å². The van der Waals surface area contributed by atoms with E-state index in [1.165, 1.54) is 0 Å². The molecule has 1 amide bonds. The van der Waals surface area contributed by atoms with Crippen LogP contribution in [0, 0.1) is 0 Å². The number of amides is 1. The molecule has 0 aliphatic heterocycles. The summed E-state index contributed by atoms with van der Waals surface area (Å²) in [7, 11) is 0. The largest absolute Gasteiger partial charge is 0.484 e. The summed E-state index contributed by atoms with van der Waals surface area (Å²) in [6.07, 6.45) is 0.229. The molecule has 1 aromatic carbocycles. The highest BCUT2D eigenvalue weighted by Gasteiger charge is 2.14. The van der Waals surface area contributed by atoms with Crippen LogP contribution in [0.15, 0.2) is 24.3 Å². The van der Waals surface area contributed by atoms with Crippen molar-refractivity contribution in [3.63, 3.8) is 0 Å². The second-order valence-electron chi connectivity index (χ2n) is 5.58. The smallest absolute Gasteiger partial charge is 0.258 e. The van der Waals surface area contributed by atoms with E-state index in [1.807, 2.05) is 39.8 Å². The minimum absolute atomic E-state index is 0.00700. The highest BCUT2D eigenvalue weighted by molar-refractivity contribution is 5.78. The maximum atomic E-state index is 11.6. The van der Waals surface area contributed by atoms with Crippen LogP contribution in [0.1, 0.15) is 45.8 Å². The molecule has 0 unspecified atom stereocenters. The number of nitrogens with one attached hydrogen (secondary N) is 1. The lowest BCUT2D eigenvalue weighted by Gasteiger charge is -2.20. The van der Waals surface area contributed by atoms with E-state index in [4.69, 9.17) is 4.74 Å². The molecule has 1 atom stereocenters. The Labute approximate surface area is 114 Å². The quantitative estimate of drug-likeness (QED) is 0.859. The predicted molar refractivity (Wildman–Crippen MR) is 75.1 cm³/mol. The van der Waals surface area contributed by atoms with Crippen molar-refractivity contribution in [2.75, 3.05) is 6.61 Å². The zero-order chi connectivity index (χ0) is 14.5. The van der Waals surface area contributed by atoms with Gasteiger partial charge >= 0.3 is 0 Å². The zero-order valence-electron chi connectivity index (χ0n) is 12.1. The maximum Gasteiger partial charge on any atom is 0.258 e. The molecule has 4 heteroatoms. The lowest BCUT2D eigenvalue weighted by Crippen LogP contribution is -2.43. The van der Waals surface area contributed by atoms with Gasteiger partial charge in [-0.15, -0.1) is 0 Å². The third-order valence-electron chi connectivity index (χ3n) is 2.54. The predicted octanol–water partition coefficient (Wildman–Crippen LogP) is 2.42. The zero-order valence-corrected chi connectivity index (χ0v) is 12.1. The average Bonchev–Trinajstić information content (AvgIpc) is 2.34. The van der Waals surface area contributed by atoms with Gasteiger partial charge in [0.25, 0.3) is 5.91 Å². The Kier molecular flexibility index (Phi) is 5.36. The molecule has 0 aliphatic carbocycles. The van der Waals surface area contributed by atoms with Gasteiger partial charge in [0.1, 0.15) is 5.75 Å². The second kappa shape index (κ2) is 6.57. The van der Waals surface area contributed by atoms with Gasteiger partial charge < -0.3 is 15.2 Å². The molecule has 0 heterocycles. The topological polar surface area (TPSA) is 58.6 Å². The normalized spacial score (nSPS) is 12.9. The van der Waals surface area contributed by atoms with Gasteiger partial charge in [-0.1, -0.05) is 19.1 Å². The molecule has 0 radical (unpaired) electrons. The van der Waals surface area contributed by atoms with Gasteiger partial charge in [-0.3, -0.25) is 4.79 Å². The van der Waals surface area contributed by atoms with Gasteiger partial charge in [-0.2, -0.15) is 0 Å². The van der Waals surface area contributed by atoms with Crippen molar-refractivity contribution in [1.82, 2.24) is 5.32 Å². The van der Waals surface area contributed by atoms with Crippen LogP contribution in [0.25, 0.3) is 0 Å². The van der Waals surface area contributed by atoms with Crippen LogP contribution >= 0.6 is 0 Å². The molecule has 0 aliphatic rings. The van der Waals surface area contributed by atoms with Gasteiger partial charge in [0.15, 0.2) is 6.61 Å². The van der Waals surface area contributed by atoms with E-state index in [-0.39, 0.29) is 18.1 Å². The van der Waals surface area contributed by atoms with E-state index in [1.54, 1.807) is 12.1 Å². The first-order valence-corrected chi connectivity index (χ1v) is 6.53. The van der Waals surface area contributed by atoms with Gasteiger partial charge in [0, 0.05) is 5.54 Å². The molecule has 0 bridgehead atoms. The van der Waals surface area contributed by atoms with E-state index in [9.17, 15) is 9.90 Å². The highest BCUT2D eigenvalue weighted by atomic mass is 16.5. The molecule has 2 N–H and O–H groups in total.